The van der Waals surface area contributed by atoms with Crippen LogP contribution < -0.4 is 10.2 Å². The summed E-state index contributed by atoms with van der Waals surface area (Å²) in [6.45, 7) is 7.81. The van der Waals surface area contributed by atoms with Crippen LogP contribution in [-0.4, -0.2) is 33.9 Å². The molecule has 0 aliphatic rings. The van der Waals surface area contributed by atoms with Gasteiger partial charge in [0.25, 0.3) is 0 Å². The van der Waals surface area contributed by atoms with Crippen LogP contribution in [0.25, 0.3) is 0 Å². The van der Waals surface area contributed by atoms with Crippen molar-refractivity contribution < 1.29 is 4.74 Å². The van der Waals surface area contributed by atoms with E-state index in [2.05, 4.69) is 43.2 Å². The van der Waals surface area contributed by atoms with Crippen LogP contribution in [0.2, 0.25) is 5.02 Å². The minimum absolute atomic E-state index is 0.622. The molecular formula is C15H25ClN2O. The molecule has 0 aliphatic carbocycles. The smallest absolute Gasteiger partial charge is 0.0642 e. The van der Waals surface area contributed by atoms with E-state index in [9.17, 15) is 0 Å². The predicted octanol–water partition coefficient (Wildman–Crippen LogP) is 3.17. The van der Waals surface area contributed by atoms with Crippen LogP contribution in [0.3, 0.4) is 0 Å². The third kappa shape index (κ3) is 5.81. The van der Waals surface area contributed by atoms with Crippen molar-refractivity contribution in [1.29, 1.82) is 0 Å². The first kappa shape index (κ1) is 16.3. The third-order valence-corrected chi connectivity index (χ3v) is 3.18. The monoisotopic (exact) mass is 284 g/mol. The quantitative estimate of drug-likeness (QED) is 0.742. The summed E-state index contributed by atoms with van der Waals surface area (Å²) in [6, 6.07) is 6.25. The maximum absolute atomic E-state index is 6.35. The van der Waals surface area contributed by atoms with Gasteiger partial charge in [0.2, 0.25) is 0 Å². The van der Waals surface area contributed by atoms with Gasteiger partial charge in [-0.25, -0.2) is 0 Å². The molecule has 0 spiro atoms. The Bertz CT molecular complexity index is 382. The van der Waals surface area contributed by atoms with E-state index in [0.717, 1.165) is 37.0 Å². The maximum atomic E-state index is 6.35. The molecule has 19 heavy (non-hydrogen) atoms. The van der Waals surface area contributed by atoms with Crippen LogP contribution in [0, 0.1) is 5.92 Å². The topological polar surface area (TPSA) is 24.5 Å². The van der Waals surface area contributed by atoms with E-state index in [0.29, 0.717) is 5.92 Å². The van der Waals surface area contributed by atoms with Crippen LogP contribution in [0.4, 0.5) is 5.69 Å². The van der Waals surface area contributed by atoms with Crippen molar-refractivity contribution in [3.63, 3.8) is 0 Å². The van der Waals surface area contributed by atoms with Gasteiger partial charge < -0.3 is 15.0 Å². The minimum atomic E-state index is 0.622. The molecule has 0 heterocycles. The van der Waals surface area contributed by atoms with E-state index in [4.69, 9.17) is 16.3 Å². The Morgan fingerprint density at radius 2 is 2.11 bits per heavy atom. The summed E-state index contributed by atoms with van der Waals surface area (Å²) in [6.07, 6.45) is 0. The van der Waals surface area contributed by atoms with Crippen molar-refractivity contribution in [3.05, 3.63) is 28.8 Å². The van der Waals surface area contributed by atoms with Crippen LogP contribution in [0.1, 0.15) is 19.4 Å². The standard InChI is InChI=1S/C15H25ClN2O/c1-12(2)11-18(3)15-6-5-13(9-14(15)16)10-17-7-8-19-4/h5-6,9,12,17H,7-8,10-11H2,1-4H3. The Morgan fingerprint density at radius 3 is 2.68 bits per heavy atom. The van der Waals surface area contributed by atoms with Crippen LogP contribution in [0.5, 0.6) is 0 Å². The van der Waals surface area contributed by atoms with Gasteiger partial charge in [-0.15, -0.1) is 0 Å². The molecule has 0 saturated heterocycles. The van der Waals surface area contributed by atoms with Gasteiger partial charge >= 0.3 is 0 Å². The van der Waals surface area contributed by atoms with Gasteiger partial charge in [0.05, 0.1) is 17.3 Å². The number of anilines is 1. The molecule has 3 nitrogen and oxygen atoms in total. The summed E-state index contributed by atoms with van der Waals surface area (Å²) < 4.78 is 5.00. The second-order valence-corrected chi connectivity index (χ2v) is 5.64. The SMILES string of the molecule is COCCNCc1ccc(N(C)CC(C)C)c(Cl)c1. The molecule has 1 N–H and O–H groups in total. The molecule has 0 atom stereocenters. The Balaban J connectivity index is 2.58. The van der Waals surface area contributed by atoms with Gasteiger partial charge in [-0.1, -0.05) is 31.5 Å². The number of rotatable bonds is 8. The fourth-order valence-electron chi connectivity index (χ4n) is 2.02. The lowest BCUT2D eigenvalue weighted by Crippen LogP contribution is -2.23. The second-order valence-electron chi connectivity index (χ2n) is 5.23. The zero-order chi connectivity index (χ0) is 14.3. The van der Waals surface area contributed by atoms with Gasteiger partial charge in [-0.05, 0) is 23.6 Å². The summed E-state index contributed by atoms with van der Waals surface area (Å²) in [4.78, 5) is 2.20. The predicted molar refractivity (Wildman–Crippen MR) is 83.1 cm³/mol. The molecule has 1 aromatic carbocycles. The largest absolute Gasteiger partial charge is 0.383 e. The lowest BCUT2D eigenvalue weighted by atomic mass is 10.1. The highest BCUT2D eigenvalue weighted by molar-refractivity contribution is 6.33. The number of hydrogen-bond donors (Lipinski definition) is 1. The van der Waals surface area contributed by atoms with Gasteiger partial charge in [-0.2, -0.15) is 0 Å². The first-order chi connectivity index (χ1) is 9.04. The third-order valence-electron chi connectivity index (χ3n) is 2.87. The first-order valence-corrected chi connectivity index (χ1v) is 7.11. The summed E-state index contributed by atoms with van der Waals surface area (Å²) in [5.74, 6) is 0.622. The fourth-order valence-corrected chi connectivity index (χ4v) is 2.37. The lowest BCUT2D eigenvalue weighted by molar-refractivity contribution is 0.199. The van der Waals surface area contributed by atoms with Gasteiger partial charge in [0.15, 0.2) is 0 Å². The molecule has 0 bridgehead atoms. The number of nitrogens with zero attached hydrogens (tertiary/aromatic N) is 1. The second kappa shape index (κ2) is 8.41. The molecule has 1 rings (SSSR count). The molecule has 0 fully saturated rings. The van der Waals surface area contributed by atoms with E-state index >= 15 is 0 Å². The van der Waals surface area contributed by atoms with Crippen molar-refractivity contribution >= 4 is 17.3 Å². The molecule has 0 aliphatic heterocycles. The average molecular weight is 285 g/mol. The van der Waals surface area contributed by atoms with Crippen molar-refractivity contribution in [1.82, 2.24) is 5.32 Å². The van der Waals surface area contributed by atoms with E-state index in [1.165, 1.54) is 5.56 Å². The zero-order valence-corrected chi connectivity index (χ0v) is 13.1. The van der Waals surface area contributed by atoms with Gasteiger partial charge in [0.1, 0.15) is 0 Å². The molecule has 0 unspecified atom stereocenters. The van der Waals surface area contributed by atoms with E-state index in [1.54, 1.807) is 7.11 Å². The van der Waals surface area contributed by atoms with Crippen LogP contribution in [0.15, 0.2) is 18.2 Å². The Hall–Kier alpha value is -0.770. The fraction of sp³-hybridized carbons (Fsp3) is 0.600. The number of nitrogens with one attached hydrogen (secondary N) is 1. The van der Waals surface area contributed by atoms with Crippen molar-refractivity contribution in [2.45, 2.75) is 20.4 Å². The van der Waals surface area contributed by atoms with Crippen molar-refractivity contribution in [3.8, 4) is 0 Å². The number of halogens is 1. The van der Waals surface area contributed by atoms with Gasteiger partial charge in [0, 0.05) is 33.8 Å². The Labute approximate surface area is 121 Å². The highest BCUT2D eigenvalue weighted by Gasteiger charge is 2.08. The minimum Gasteiger partial charge on any atom is -0.383 e. The highest BCUT2D eigenvalue weighted by Crippen LogP contribution is 2.26. The highest BCUT2D eigenvalue weighted by atomic mass is 35.5. The maximum Gasteiger partial charge on any atom is 0.0642 e. The normalized spacial score (nSPS) is 11.1. The summed E-state index contributed by atoms with van der Waals surface area (Å²) >= 11 is 6.35. The van der Waals surface area contributed by atoms with E-state index < -0.39 is 0 Å². The molecule has 0 saturated carbocycles. The molecule has 108 valence electrons. The van der Waals surface area contributed by atoms with Crippen LogP contribution in [-0.2, 0) is 11.3 Å². The summed E-state index contributed by atoms with van der Waals surface area (Å²) in [7, 11) is 3.79. The molecule has 4 heteroatoms. The first-order valence-electron chi connectivity index (χ1n) is 6.73. The van der Waals surface area contributed by atoms with Gasteiger partial charge in [-0.3, -0.25) is 0 Å². The number of ether oxygens (including phenoxy) is 1. The molecule has 0 amide bonds. The van der Waals surface area contributed by atoms with E-state index in [1.807, 2.05) is 6.07 Å². The van der Waals surface area contributed by atoms with Crippen molar-refractivity contribution in [2.24, 2.45) is 5.92 Å². The number of methoxy groups -OCH3 is 1. The summed E-state index contributed by atoms with van der Waals surface area (Å²) in [5, 5.41) is 4.13. The van der Waals surface area contributed by atoms with E-state index in [-0.39, 0.29) is 0 Å². The van der Waals surface area contributed by atoms with Crippen molar-refractivity contribution in [2.75, 3.05) is 38.8 Å². The average Bonchev–Trinajstić information content (AvgIpc) is 2.33. The zero-order valence-electron chi connectivity index (χ0n) is 12.4. The Kier molecular flexibility index (Phi) is 7.21. The number of hydrogen-bond acceptors (Lipinski definition) is 3. The Morgan fingerprint density at radius 1 is 1.37 bits per heavy atom. The molecule has 1 aromatic rings. The molecule has 0 radical (unpaired) electrons. The summed E-state index contributed by atoms with van der Waals surface area (Å²) in [5.41, 5.74) is 2.29. The van der Waals surface area contributed by atoms with Crippen LogP contribution >= 0.6 is 11.6 Å². The number of benzene rings is 1. The molecular weight excluding hydrogens is 260 g/mol. The molecule has 0 aromatic heterocycles. The lowest BCUT2D eigenvalue weighted by Gasteiger charge is -2.23.